The molecule has 0 N–H and O–H groups in total. The molecule has 0 unspecified atom stereocenters. The van der Waals surface area contributed by atoms with Gasteiger partial charge in [0, 0.05) is 17.0 Å². The van der Waals surface area contributed by atoms with E-state index < -0.39 is 0 Å². The molecular formula is C14H11ClN2. The largest absolute Gasteiger partial charge is 0.282 e. The Morgan fingerprint density at radius 1 is 1.24 bits per heavy atom. The minimum atomic E-state index is 0.538. The number of hydrogen-bond donors (Lipinski definition) is 0. The van der Waals surface area contributed by atoms with Gasteiger partial charge in [-0.3, -0.25) is 4.99 Å². The standard InChI is InChI=1S/C14H11ClN2/c15-8-9-16-13-7-3-5-11-10-4-1-2-6-12(10)17-14(11)13/h1-7H,8-9H2. The summed E-state index contributed by atoms with van der Waals surface area (Å²) in [6.07, 6.45) is 6.09. The van der Waals surface area contributed by atoms with Crippen LogP contribution >= 0.6 is 11.6 Å². The number of allylic oxidation sites excluding steroid dienone is 4. The van der Waals surface area contributed by atoms with E-state index in [9.17, 15) is 0 Å². The number of halogens is 1. The lowest BCUT2D eigenvalue weighted by Crippen LogP contribution is -2.14. The maximum absolute atomic E-state index is 5.67. The normalized spacial score (nSPS) is 18.8. The van der Waals surface area contributed by atoms with Crippen molar-refractivity contribution in [2.75, 3.05) is 12.4 Å². The molecule has 3 rings (SSSR count). The van der Waals surface area contributed by atoms with Crippen molar-refractivity contribution in [1.82, 2.24) is 0 Å². The molecule has 2 aliphatic rings. The molecule has 0 atom stereocenters. The van der Waals surface area contributed by atoms with E-state index in [2.05, 4.69) is 22.1 Å². The molecular weight excluding hydrogens is 232 g/mol. The summed E-state index contributed by atoms with van der Waals surface area (Å²) < 4.78 is 0. The van der Waals surface area contributed by atoms with Crippen LogP contribution in [0.3, 0.4) is 0 Å². The molecule has 1 aliphatic carbocycles. The fourth-order valence-electron chi connectivity index (χ4n) is 2.08. The van der Waals surface area contributed by atoms with Gasteiger partial charge in [0.25, 0.3) is 0 Å². The summed E-state index contributed by atoms with van der Waals surface area (Å²) in [4.78, 5) is 9.08. The Balaban J connectivity index is 2.07. The van der Waals surface area contributed by atoms with Crippen molar-refractivity contribution in [3.63, 3.8) is 0 Å². The van der Waals surface area contributed by atoms with E-state index >= 15 is 0 Å². The van der Waals surface area contributed by atoms with Crippen LogP contribution in [0.5, 0.6) is 0 Å². The second-order valence-electron chi connectivity index (χ2n) is 3.87. The summed E-state index contributed by atoms with van der Waals surface area (Å²) in [5.74, 6) is 0.538. The number of nitrogens with zero attached hydrogens (tertiary/aromatic N) is 2. The van der Waals surface area contributed by atoms with Crippen LogP contribution in [-0.2, 0) is 0 Å². The first kappa shape index (κ1) is 10.5. The van der Waals surface area contributed by atoms with Crippen molar-refractivity contribution in [1.29, 1.82) is 0 Å². The Morgan fingerprint density at radius 2 is 2.12 bits per heavy atom. The monoisotopic (exact) mass is 242 g/mol. The molecule has 0 bridgehead atoms. The van der Waals surface area contributed by atoms with Crippen molar-refractivity contribution >= 4 is 34.3 Å². The number of para-hydroxylation sites is 1. The topological polar surface area (TPSA) is 24.7 Å². The summed E-state index contributed by atoms with van der Waals surface area (Å²) in [5, 5.41) is 0. The zero-order valence-electron chi connectivity index (χ0n) is 9.23. The average molecular weight is 243 g/mol. The highest BCUT2D eigenvalue weighted by atomic mass is 35.5. The van der Waals surface area contributed by atoms with Crippen molar-refractivity contribution < 1.29 is 0 Å². The zero-order chi connectivity index (χ0) is 11.7. The molecule has 0 spiro atoms. The van der Waals surface area contributed by atoms with Gasteiger partial charge in [-0.15, -0.1) is 11.6 Å². The highest BCUT2D eigenvalue weighted by Gasteiger charge is 2.24. The van der Waals surface area contributed by atoms with E-state index in [4.69, 9.17) is 11.6 Å². The Bertz CT molecular complexity index is 580. The second-order valence-corrected chi connectivity index (χ2v) is 4.25. The van der Waals surface area contributed by atoms with E-state index in [0.29, 0.717) is 12.4 Å². The molecule has 3 heteroatoms. The number of benzene rings is 1. The van der Waals surface area contributed by atoms with Crippen molar-refractivity contribution in [2.45, 2.75) is 0 Å². The van der Waals surface area contributed by atoms with E-state index in [1.165, 1.54) is 5.56 Å². The van der Waals surface area contributed by atoms with Gasteiger partial charge in [0.15, 0.2) is 0 Å². The fourth-order valence-corrected chi connectivity index (χ4v) is 2.16. The lowest BCUT2D eigenvalue weighted by atomic mass is 9.96. The summed E-state index contributed by atoms with van der Waals surface area (Å²) in [6.45, 7) is 0.629. The third-order valence-electron chi connectivity index (χ3n) is 2.81. The number of aliphatic imine (C=N–C) groups is 2. The van der Waals surface area contributed by atoms with Crippen molar-refractivity contribution in [3.05, 3.63) is 48.1 Å². The number of fused-ring (bicyclic) bond motifs is 3. The second kappa shape index (κ2) is 4.30. The molecule has 0 aromatic heterocycles. The lowest BCUT2D eigenvalue weighted by Gasteiger charge is -2.08. The summed E-state index contributed by atoms with van der Waals surface area (Å²) in [6, 6.07) is 8.16. The third-order valence-corrected chi connectivity index (χ3v) is 2.98. The van der Waals surface area contributed by atoms with E-state index in [0.717, 1.165) is 22.7 Å². The SMILES string of the molecule is ClCCN=C1C=CC=C2C1=Nc1ccccc12. The number of rotatable bonds is 2. The minimum Gasteiger partial charge on any atom is -0.282 e. The smallest absolute Gasteiger partial charge is 0.0968 e. The van der Waals surface area contributed by atoms with Gasteiger partial charge in [0.05, 0.1) is 23.7 Å². The molecule has 17 heavy (non-hydrogen) atoms. The molecule has 1 aromatic carbocycles. The maximum atomic E-state index is 5.67. The van der Waals surface area contributed by atoms with Gasteiger partial charge in [0.1, 0.15) is 0 Å². The molecule has 2 nitrogen and oxygen atoms in total. The van der Waals surface area contributed by atoms with Crippen LogP contribution < -0.4 is 0 Å². The lowest BCUT2D eigenvalue weighted by molar-refractivity contribution is 1.14. The van der Waals surface area contributed by atoms with Crippen molar-refractivity contribution in [2.24, 2.45) is 9.98 Å². The fraction of sp³-hybridized carbons (Fsp3) is 0.143. The highest BCUT2D eigenvalue weighted by molar-refractivity contribution is 6.63. The molecule has 0 radical (unpaired) electrons. The van der Waals surface area contributed by atoms with Crippen LogP contribution in [0.2, 0.25) is 0 Å². The Labute approximate surface area is 105 Å². The van der Waals surface area contributed by atoms with Crippen LogP contribution in [-0.4, -0.2) is 23.8 Å². The van der Waals surface area contributed by atoms with Gasteiger partial charge >= 0.3 is 0 Å². The van der Waals surface area contributed by atoms with Crippen LogP contribution in [0.4, 0.5) is 5.69 Å². The first-order valence-corrected chi connectivity index (χ1v) is 6.11. The van der Waals surface area contributed by atoms with E-state index in [1.54, 1.807) is 0 Å². The predicted octanol–water partition coefficient (Wildman–Crippen LogP) is 3.41. The minimum absolute atomic E-state index is 0.538. The first-order chi connectivity index (χ1) is 8.40. The number of hydrogen-bond acceptors (Lipinski definition) is 2. The Kier molecular flexibility index (Phi) is 2.65. The summed E-state index contributed by atoms with van der Waals surface area (Å²) >= 11 is 5.67. The summed E-state index contributed by atoms with van der Waals surface area (Å²) in [7, 11) is 0. The van der Waals surface area contributed by atoms with Crippen LogP contribution in [0.25, 0.3) is 5.57 Å². The molecule has 1 aliphatic heterocycles. The molecule has 0 saturated carbocycles. The van der Waals surface area contributed by atoms with Gasteiger partial charge < -0.3 is 0 Å². The van der Waals surface area contributed by atoms with E-state index in [-0.39, 0.29) is 0 Å². The molecule has 1 aromatic rings. The van der Waals surface area contributed by atoms with Crippen LogP contribution in [0, 0.1) is 0 Å². The maximum Gasteiger partial charge on any atom is 0.0968 e. The van der Waals surface area contributed by atoms with Crippen LogP contribution in [0.1, 0.15) is 5.56 Å². The molecule has 0 fully saturated rings. The Hall–Kier alpha value is -1.67. The zero-order valence-corrected chi connectivity index (χ0v) is 9.98. The average Bonchev–Trinajstić information content (AvgIpc) is 2.75. The van der Waals surface area contributed by atoms with Crippen LogP contribution in [0.15, 0.2) is 52.5 Å². The third kappa shape index (κ3) is 1.75. The van der Waals surface area contributed by atoms with Gasteiger partial charge in [-0.05, 0) is 12.1 Å². The summed E-state index contributed by atoms with van der Waals surface area (Å²) in [5.41, 5.74) is 5.27. The van der Waals surface area contributed by atoms with Gasteiger partial charge in [0.2, 0.25) is 0 Å². The quantitative estimate of drug-likeness (QED) is 0.561. The first-order valence-electron chi connectivity index (χ1n) is 5.58. The van der Waals surface area contributed by atoms with Gasteiger partial charge in [-0.2, -0.15) is 0 Å². The van der Waals surface area contributed by atoms with Gasteiger partial charge in [-0.1, -0.05) is 30.4 Å². The van der Waals surface area contributed by atoms with Crippen molar-refractivity contribution in [3.8, 4) is 0 Å². The molecule has 0 saturated heterocycles. The van der Waals surface area contributed by atoms with Gasteiger partial charge in [-0.25, -0.2) is 4.99 Å². The highest BCUT2D eigenvalue weighted by Crippen LogP contribution is 2.36. The predicted molar refractivity (Wildman–Crippen MR) is 73.7 cm³/mol. The molecule has 84 valence electrons. The molecule has 1 heterocycles. The Morgan fingerprint density at radius 3 is 3.00 bits per heavy atom. The van der Waals surface area contributed by atoms with E-state index in [1.807, 2.05) is 30.4 Å². The molecule has 0 amide bonds. The number of alkyl halides is 1.